The standard InChI is InChI=1S/C15H21NO3/c1-15(2)8-4-5-13(15)16-11-9-10(14(17)18)6-7-12(11)19-3/h6-7,9,13,16H,4-5,8H2,1-3H3,(H,17,18). The molecule has 4 nitrogen and oxygen atoms in total. The topological polar surface area (TPSA) is 58.6 Å². The van der Waals surface area contributed by atoms with Crippen molar-refractivity contribution in [2.45, 2.75) is 39.2 Å². The van der Waals surface area contributed by atoms with E-state index in [-0.39, 0.29) is 11.0 Å². The highest BCUT2D eigenvalue weighted by atomic mass is 16.5. The van der Waals surface area contributed by atoms with E-state index >= 15 is 0 Å². The van der Waals surface area contributed by atoms with E-state index in [1.807, 2.05) is 0 Å². The summed E-state index contributed by atoms with van der Waals surface area (Å²) >= 11 is 0. The first kappa shape index (κ1) is 13.7. The molecule has 0 bridgehead atoms. The summed E-state index contributed by atoms with van der Waals surface area (Å²) < 4.78 is 5.30. The van der Waals surface area contributed by atoms with Crippen molar-refractivity contribution in [1.29, 1.82) is 0 Å². The number of hydrogen-bond donors (Lipinski definition) is 2. The molecular formula is C15H21NO3. The minimum Gasteiger partial charge on any atom is -0.495 e. The van der Waals surface area contributed by atoms with Gasteiger partial charge >= 0.3 is 5.97 Å². The number of aromatic carboxylic acids is 1. The van der Waals surface area contributed by atoms with Gasteiger partial charge in [-0.15, -0.1) is 0 Å². The molecule has 0 aromatic heterocycles. The number of anilines is 1. The monoisotopic (exact) mass is 263 g/mol. The lowest BCUT2D eigenvalue weighted by Crippen LogP contribution is -2.31. The number of rotatable bonds is 4. The number of carbonyl (C=O) groups is 1. The van der Waals surface area contributed by atoms with Gasteiger partial charge in [0.05, 0.1) is 18.4 Å². The Hall–Kier alpha value is -1.71. The van der Waals surface area contributed by atoms with Gasteiger partial charge in [0, 0.05) is 6.04 Å². The molecule has 1 aliphatic rings. The number of ether oxygens (including phenoxy) is 1. The Morgan fingerprint density at radius 2 is 2.21 bits per heavy atom. The molecule has 0 aliphatic heterocycles. The van der Waals surface area contributed by atoms with Gasteiger partial charge in [-0.3, -0.25) is 0 Å². The van der Waals surface area contributed by atoms with E-state index in [9.17, 15) is 4.79 Å². The number of carboxylic acids is 1. The fourth-order valence-electron chi connectivity index (χ4n) is 2.74. The zero-order chi connectivity index (χ0) is 14.0. The zero-order valence-corrected chi connectivity index (χ0v) is 11.7. The van der Waals surface area contributed by atoms with Crippen LogP contribution in [-0.2, 0) is 0 Å². The summed E-state index contributed by atoms with van der Waals surface area (Å²) in [5, 5.41) is 12.5. The molecule has 2 rings (SSSR count). The average molecular weight is 263 g/mol. The fraction of sp³-hybridized carbons (Fsp3) is 0.533. The summed E-state index contributed by atoms with van der Waals surface area (Å²) in [7, 11) is 1.60. The molecule has 1 atom stereocenters. The van der Waals surface area contributed by atoms with E-state index in [1.165, 1.54) is 12.8 Å². The summed E-state index contributed by atoms with van der Waals surface area (Å²) in [6, 6.07) is 5.26. The van der Waals surface area contributed by atoms with Gasteiger partial charge < -0.3 is 15.2 Å². The lowest BCUT2D eigenvalue weighted by molar-refractivity contribution is 0.0697. The van der Waals surface area contributed by atoms with Crippen LogP contribution in [0.3, 0.4) is 0 Å². The second kappa shape index (κ2) is 5.11. The van der Waals surface area contributed by atoms with Gasteiger partial charge in [0.25, 0.3) is 0 Å². The Morgan fingerprint density at radius 1 is 1.47 bits per heavy atom. The summed E-state index contributed by atoms with van der Waals surface area (Å²) in [4.78, 5) is 11.0. The van der Waals surface area contributed by atoms with E-state index in [4.69, 9.17) is 9.84 Å². The Bertz CT molecular complexity index is 482. The fourth-order valence-corrected chi connectivity index (χ4v) is 2.74. The largest absolute Gasteiger partial charge is 0.495 e. The van der Waals surface area contributed by atoms with E-state index in [0.717, 1.165) is 12.1 Å². The molecule has 2 N–H and O–H groups in total. The maximum atomic E-state index is 11.0. The van der Waals surface area contributed by atoms with Crippen LogP contribution in [0.5, 0.6) is 5.75 Å². The van der Waals surface area contributed by atoms with E-state index < -0.39 is 5.97 Å². The molecule has 0 saturated heterocycles. The van der Waals surface area contributed by atoms with Crippen LogP contribution < -0.4 is 10.1 Å². The maximum Gasteiger partial charge on any atom is 0.335 e. The Morgan fingerprint density at radius 3 is 2.74 bits per heavy atom. The average Bonchev–Trinajstić information content (AvgIpc) is 2.68. The molecule has 0 spiro atoms. The zero-order valence-electron chi connectivity index (χ0n) is 11.7. The van der Waals surface area contributed by atoms with Gasteiger partial charge in [0.1, 0.15) is 5.75 Å². The van der Waals surface area contributed by atoms with Crippen molar-refractivity contribution in [3.05, 3.63) is 23.8 Å². The molecule has 1 aromatic rings. The Balaban J connectivity index is 2.27. The van der Waals surface area contributed by atoms with Gasteiger partial charge in [0.2, 0.25) is 0 Å². The summed E-state index contributed by atoms with van der Waals surface area (Å²) in [5.74, 6) is -0.232. The van der Waals surface area contributed by atoms with Crippen molar-refractivity contribution >= 4 is 11.7 Å². The molecule has 104 valence electrons. The van der Waals surface area contributed by atoms with Gasteiger partial charge in [-0.05, 0) is 36.5 Å². The smallest absolute Gasteiger partial charge is 0.335 e. The Labute approximate surface area is 113 Å². The van der Waals surface area contributed by atoms with Crippen molar-refractivity contribution in [3.63, 3.8) is 0 Å². The van der Waals surface area contributed by atoms with Crippen LogP contribution in [0, 0.1) is 5.41 Å². The SMILES string of the molecule is COc1ccc(C(=O)O)cc1NC1CCCC1(C)C. The quantitative estimate of drug-likeness (QED) is 0.874. The maximum absolute atomic E-state index is 11.0. The number of benzene rings is 1. The molecule has 4 heteroatoms. The van der Waals surface area contributed by atoms with Gasteiger partial charge in [-0.2, -0.15) is 0 Å². The molecule has 0 amide bonds. The van der Waals surface area contributed by atoms with Crippen molar-refractivity contribution < 1.29 is 14.6 Å². The molecule has 1 aromatic carbocycles. The van der Waals surface area contributed by atoms with Crippen LogP contribution in [0.1, 0.15) is 43.5 Å². The lowest BCUT2D eigenvalue weighted by Gasteiger charge is -2.29. The van der Waals surface area contributed by atoms with Crippen LogP contribution in [0.2, 0.25) is 0 Å². The van der Waals surface area contributed by atoms with Gasteiger partial charge in [-0.25, -0.2) is 4.79 Å². The molecule has 0 heterocycles. The minimum atomic E-state index is -0.920. The number of carboxylic acid groups (broad SMARTS) is 1. The second-order valence-electron chi connectivity index (χ2n) is 5.80. The first-order valence-electron chi connectivity index (χ1n) is 6.62. The lowest BCUT2D eigenvalue weighted by atomic mass is 9.87. The van der Waals surface area contributed by atoms with Crippen molar-refractivity contribution in [2.24, 2.45) is 5.41 Å². The molecular weight excluding hydrogens is 242 g/mol. The summed E-state index contributed by atoms with van der Waals surface area (Å²) in [5.41, 5.74) is 1.27. The highest BCUT2D eigenvalue weighted by molar-refractivity contribution is 5.89. The predicted molar refractivity (Wildman–Crippen MR) is 75.0 cm³/mol. The first-order valence-corrected chi connectivity index (χ1v) is 6.62. The van der Waals surface area contributed by atoms with Crippen molar-refractivity contribution in [3.8, 4) is 5.75 Å². The first-order chi connectivity index (χ1) is 8.94. The number of methoxy groups -OCH3 is 1. The van der Waals surface area contributed by atoms with E-state index in [1.54, 1.807) is 25.3 Å². The van der Waals surface area contributed by atoms with Crippen LogP contribution in [0.25, 0.3) is 0 Å². The number of hydrogen-bond acceptors (Lipinski definition) is 3. The van der Waals surface area contributed by atoms with Crippen LogP contribution >= 0.6 is 0 Å². The third kappa shape index (κ3) is 2.83. The molecule has 1 aliphatic carbocycles. The van der Waals surface area contributed by atoms with Crippen LogP contribution in [-0.4, -0.2) is 24.2 Å². The molecule has 1 saturated carbocycles. The van der Waals surface area contributed by atoms with Crippen LogP contribution in [0.4, 0.5) is 5.69 Å². The van der Waals surface area contributed by atoms with E-state index in [2.05, 4.69) is 19.2 Å². The normalized spacial score (nSPS) is 21.1. The second-order valence-corrected chi connectivity index (χ2v) is 5.80. The third-order valence-corrected chi connectivity index (χ3v) is 4.03. The molecule has 0 radical (unpaired) electrons. The summed E-state index contributed by atoms with van der Waals surface area (Å²) in [6.45, 7) is 4.48. The third-order valence-electron chi connectivity index (χ3n) is 4.03. The van der Waals surface area contributed by atoms with E-state index in [0.29, 0.717) is 11.8 Å². The van der Waals surface area contributed by atoms with Crippen molar-refractivity contribution in [2.75, 3.05) is 12.4 Å². The minimum absolute atomic E-state index is 0.226. The Kier molecular flexibility index (Phi) is 3.69. The van der Waals surface area contributed by atoms with Crippen LogP contribution in [0.15, 0.2) is 18.2 Å². The molecule has 19 heavy (non-hydrogen) atoms. The number of nitrogens with one attached hydrogen (secondary N) is 1. The van der Waals surface area contributed by atoms with Gasteiger partial charge in [0.15, 0.2) is 0 Å². The molecule has 1 unspecified atom stereocenters. The predicted octanol–water partition coefficient (Wildman–Crippen LogP) is 3.38. The molecule has 1 fully saturated rings. The van der Waals surface area contributed by atoms with Gasteiger partial charge in [-0.1, -0.05) is 20.3 Å². The highest BCUT2D eigenvalue weighted by Crippen LogP contribution is 2.40. The van der Waals surface area contributed by atoms with Crippen molar-refractivity contribution in [1.82, 2.24) is 0 Å². The highest BCUT2D eigenvalue weighted by Gasteiger charge is 2.34. The summed E-state index contributed by atoms with van der Waals surface area (Å²) in [6.07, 6.45) is 3.49.